The van der Waals surface area contributed by atoms with Crippen molar-refractivity contribution in [3.05, 3.63) is 0 Å². The van der Waals surface area contributed by atoms with E-state index in [1.807, 2.05) is 0 Å². The van der Waals surface area contributed by atoms with Crippen LogP contribution in [0.5, 0.6) is 0 Å². The van der Waals surface area contributed by atoms with Crippen molar-refractivity contribution in [2.24, 2.45) is 11.8 Å². The van der Waals surface area contributed by atoms with Crippen LogP contribution in [0.25, 0.3) is 0 Å². The van der Waals surface area contributed by atoms with Gasteiger partial charge in [-0.05, 0) is 37.6 Å². The summed E-state index contributed by atoms with van der Waals surface area (Å²) in [6.45, 7) is 2.15. The molecule has 0 aromatic heterocycles. The van der Waals surface area contributed by atoms with E-state index < -0.39 is 11.7 Å². The molecule has 0 saturated heterocycles. The van der Waals surface area contributed by atoms with E-state index in [0.717, 1.165) is 19.3 Å². The topological polar surface area (TPSA) is 12.0 Å². The van der Waals surface area contributed by atoms with Crippen molar-refractivity contribution in [2.75, 3.05) is 6.54 Å². The monoisotopic (exact) mass is 207 g/mol. The summed E-state index contributed by atoms with van der Waals surface area (Å²) in [5.41, 5.74) is -1.55. The standard InChI is InChI=1S/C10H16F3N/c1-2-14-9(10(11,12)13)6-7-3-4-8(9)5-7/h7-8,14H,2-6H2,1H3. The number of hydrogen-bond acceptors (Lipinski definition) is 1. The van der Waals surface area contributed by atoms with E-state index in [4.69, 9.17) is 0 Å². The van der Waals surface area contributed by atoms with Crippen molar-refractivity contribution >= 4 is 0 Å². The molecule has 14 heavy (non-hydrogen) atoms. The van der Waals surface area contributed by atoms with E-state index in [1.165, 1.54) is 0 Å². The van der Waals surface area contributed by atoms with Gasteiger partial charge in [0, 0.05) is 0 Å². The maximum absolute atomic E-state index is 13.0. The van der Waals surface area contributed by atoms with E-state index >= 15 is 0 Å². The Morgan fingerprint density at radius 1 is 1.36 bits per heavy atom. The SMILES string of the molecule is CCNC1(C(F)(F)F)CC2CCC1C2. The third-order valence-electron chi connectivity index (χ3n) is 3.85. The Hall–Kier alpha value is -0.250. The maximum Gasteiger partial charge on any atom is 0.406 e. The molecule has 2 aliphatic carbocycles. The van der Waals surface area contributed by atoms with Gasteiger partial charge in [0.1, 0.15) is 5.54 Å². The third kappa shape index (κ3) is 1.27. The van der Waals surface area contributed by atoms with E-state index in [2.05, 4.69) is 5.32 Å². The quantitative estimate of drug-likeness (QED) is 0.734. The summed E-state index contributed by atoms with van der Waals surface area (Å²) in [6.07, 6.45) is -1.27. The van der Waals surface area contributed by atoms with Crippen LogP contribution in [-0.2, 0) is 0 Å². The van der Waals surface area contributed by atoms with Crippen LogP contribution in [0.3, 0.4) is 0 Å². The van der Waals surface area contributed by atoms with Crippen LogP contribution < -0.4 is 5.32 Å². The van der Waals surface area contributed by atoms with Crippen molar-refractivity contribution in [3.63, 3.8) is 0 Å². The lowest BCUT2D eigenvalue weighted by molar-refractivity contribution is -0.211. The Balaban J connectivity index is 2.24. The number of rotatable bonds is 2. The molecule has 2 bridgehead atoms. The normalized spacial score (nSPS) is 42.0. The Labute approximate surface area is 82.1 Å². The predicted molar refractivity (Wildman–Crippen MR) is 47.9 cm³/mol. The van der Waals surface area contributed by atoms with E-state index in [9.17, 15) is 13.2 Å². The van der Waals surface area contributed by atoms with Crippen molar-refractivity contribution in [1.29, 1.82) is 0 Å². The van der Waals surface area contributed by atoms with Gasteiger partial charge in [-0.25, -0.2) is 0 Å². The average Bonchev–Trinajstić information content (AvgIpc) is 2.62. The average molecular weight is 207 g/mol. The summed E-state index contributed by atoms with van der Waals surface area (Å²) < 4.78 is 39.0. The summed E-state index contributed by atoms with van der Waals surface area (Å²) in [6, 6.07) is 0. The number of halogens is 3. The molecule has 3 unspecified atom stereocenters. The fourth-order valence-corrected chi connectivity index (χ4v) is 3.31. The van der Waals surface area contributed by atoms with Crippen molar-refractivity contribution in [1.82, 2.24) is 5.32 Å². The maximum atomic E-state index is 13.0. The van der Waals surface area contributed by atoms with E-state index in [1.54, 1.807) is 6.92 Å². The zero-order chi connectivity index (χ0) is 10.4. The second-order valence-corrected chi connectivity index (χ2v) is 4.58. The molecule has 82 valence electrons. The molecule has 0 spiro atoms. The van der Waals surface area contributed by atoms with Crippen LogP contribution in [0, 0.1) is 11.8 Å². The minimum absolute atomic E-state index is 0.174. The highest BCUT2D eigenvalue weighted by Gasteiger charge is 2.64. The third-order valence-corrected chi connectivity index (χ3v) is 3.85. The number of hydrogen-bond donors (Lipinski definition) is 1. The number of alkyl halides is 3. The van der Waals surface area contributed by atoms with Gasteiger partial charge in [-0.2, -0.15) is 13.2 Å². The fourth-order valence-electron chi connectivity index (χ4n) is 3.31. The predicted octanol–water partition coefficient (Wildman–Crippen LogP) is 2.72. The molecular weight excluding hydrogens is 191 g/mol. The minimum atomic E-state index is -4.08. The van der Waals surface area contributed by atoms with Gasteiger partial charge in [-0.15, -0.1) is 0 Å². The Morgan fingerprint density at radius 3 is 2.43 bits per heavy atom. The van der Waals surface area contributed by atoms with Gasteiger partial charge in [0.05, 0.1) is 0 Å². The summed E-state index contributed by atoms with van der Waals surface area (Å²) in [5, 5.41) is 2.70. The molecule has 2 saturated carbocycles. The lowest BCUT2D eigenvalue weighted by Gasteiger charge is -2.40. The number of nitrogens with one attached hydrogen (secondary N) is 1. The second kappa shape index (κ2) is 3.12. The Morgan fingerprint density at radius 2 is 2.07 bits per heavy atom. The molecule has 0 aliphatic heterocycles. The molecule has 2 aliphatic rings. The van der Waals surface area contributed by atoms with Crippen LogP contribution in [-0.4, -0.2) is 18.3 Å². The van der Waals surface area contributed by atoms with Crippen LogP contribution in [0.2, 0.25) is 0 Å². The lowest BCUT2D eigenvalue weighted by atomic mass is 9.80. The molecule has 0 aromatic carbocycles. The molecule has 1 N–H and O–H groups in total. The van der Waals surface area contributed by atoms with Crippen LogP contribution >= 0.6 is 0 Å². The van der Waals surface area contributed by atoms with Crippen molar-refractivity contribution < 1.29 is 13.2 Å². The zero-order valence-corrected chi connectivity index (χ0v) is 8.32. The summed E-state index contributed by atoms with van der Waals surface area (Å²) >= 11 is 0. The molecule has 0 radical (unpaired) electrons. The highest BCUT2D eigenvalue weighted by Crippen LogP contribution is 2.56. The van der Waals surface area contributed by atoms with Gasteiger partial charge in [0.2, 0.25) is 0 Å². The van der Waals surface area contributed by atoms with Gasteiger partial charge in [-0.3, -0.25) is 0 Å². The highest BCUT2D eigenvalue weighted by molar-refractivity contribution is 5.10. The minimum Gasteiger partial charge on any atom is -0.304 e. The molecule has 0 heterocycles. The first-order valence-electron chi connectivity index (χ1n) is 5.31. The molecule has 1 nitrogen and oxygen atoms in total. The van der Waals surface area contributed by atoms with E-state index in [-0.39, 0.29) is 5.92 Å². The van der Waals surface area contributed by atoms with Crippen LogP contribution in [0.15, 0.2) is 0 Å². The summed E-state index contributed by atoms with van der Waals surface area (Å²) in [5.74, 6) is 0.133. The first-order chi connectivity index (χ1) is 6.49. The van der Waals surface area contributed by atoms with Gasteiger partial charge in [0.15, 0.2) is 0 Å². The van der Waals surface area contributed by atoms with Crippen molar-refractivity contribution in [2.45, 2.75) is 44.3 Å². The number of fused-ring (bicyclic) bond motifs is 2. The zero-order valence-electron chi connectivity index (χ0n) is 8.32. The fraction of sp³-hybridized carbons (Fsp3) is 1.00. The molecule has 2 rings (SSSR count). The van der Waals surface area contributed by atoms with E-state index in [0.29, 0.717) is 18.9 Å². The largest absolute Gasteiger partial charge is 0.406 e. The van der Waals surface area contributed by atoms with Gasteiger partial charge in [-0.1, -0.05) is 13.3 Å². The Kier molecular flexibility index (Phi) is 2.29. The summed E-state index contributed by atoms with van der Waals surface area (Å²) in [4.78, 5) is 0. The van der Waals surface area contributed by atoms with Gasteiger partial charge < -0.3 is 5.32 Å². The molecule has 0 amide bonds. The molecular formula is C10H16F3N. The van der Waals surface area contributed by atoms with Crippen LogP contribution in [0.1, 0.15) is 32.6 Å². The highest BCUT2D eigenvalue weighted by atomic mass is 19.4. The Bertz CT molecular complexity index is 226. The van der Waals surface area contributed by atoms with Crippen molar-refractivity contribution in [3.8, 4) is 0 Å². The molecule has 3 atom stereocenters. The van der Waals surface area contributed by atoms with Gasteiger partial charge >= 0.3 is 6.18 Å². The first kappa shape index (κ1) is 10.3. The smallest absolute Gasteiger partial charge is 0.304 e. The molecule has 4 heteroatoms. The molecule has 0 aromatic rings. The van der Waals surface area contributed by atoms with Crippen LogP contribution in [0.4, 0.5) is 13.2 Å². The lowest BCUT2D eigenvalue weighted by Crippen LogP contribution is -2.60. The van der Waals surface area contributed by atoms with Gasteiger partial charge in [0.25, 0.3) is 0 Å². The molecule has 2 fully saturated rings. The second-order valence-electron chi connectivity index (χ2n) is 4.58. The summed E-state index contributed by atoms with van der Waals surface area (Å²) in [7, 11) is 0. The first-order valence-corrected chi connectivity index (χ1v) is 5.31.